The average molecular weight is 428 g/mol. The summed E-state index contributed by atoms with van der Waals surface area (Å²) in [7, 11) is 3.94. The number of esters is 2. The van der Waals surface area contributed by atoms with E-state index in [1.165, 1.54) is 14.2 Å². The van der Waals surface area contributed by atoms with E-state index in [1.807, 2.05) is 0 Å². The minimum absolute atomic E-state index is 0.169. The highest BCUT2D eigenvalue weighted by atomic mass is 16.5. The topological polar surface area (TPSA) is 112 Å². The van der Waals surface area contributed by atoms with E-state index in [0.717, 1.165) is 11.8 Å². The maximum atomic E-state index is 12.6. The van der Waals surface area contributed by atoms with E-state index in [-0.39, 0.29) is 30.3 Å². The van der Waals surface area contributed by atoms with E-state index >= 15 is 0 Å². The van der Waals surface area contributed by atoms with Crippen LogP contribution in [0, 0.1) is 0 Å². The Hall–Kier alpha value is -4.01. The number of para-hydroxylation sites is 1. The molecule has 2 N–H and O–H groups in total. The summed E-state index contributed by atoms with van der Waals surface area (Å²) in [5, 5.41) is 5.50. The average Bonchev–Trinajstić information content (AvgIpc) is 2.81. The molecular formula is C22H24N2O7. The van der Waals surface area contributed by atoms with Crippen molar-refractivity contribution in [1.82, 2.24) is 5.32 Å². The second kappa shape index (κ2) is 11.9. The lowest BCUT2D eigenvalue weighted by atomic mass is 10.1. The molecule has 0 spiro atoms. The van der Waals surface area contributed by atoms with Crippen molar-refractivity contribution in [2.45, 2.75) is 0 Å². The van der Waals surface area contributed by atoms with Gasteiger partial charge in [-0.3, -0.25) is 4.79 Å². The zero-order valence-corrected chi connectivity index (χ0v) is 17.5. The lowest BCUT2D eigenvalue weighted by molar-refractivity contribution is -0.138. The van der Waals surface area contributed by atoms with Crippen LogP contribution < -0.4 is 20.1 Å². The molecule has 9 heteroatoms. The standard InChI is InChI=1S/C22H24N2O7/c1-28-15-8-10-16(11-9-15)31-13-12-23-21(26)17-6-4-5-7-18(17)24-19(22(27)30-3)14-20(25)29-2/h4-11,14,24H,12-13H2,1-3H3,(H,23,26)/b19-14+. The molecule has 2 aromatic carbocycles. The number of nitrogens with one attached hydrogen (secondary N) is 2. The van der Waals surface area contributed by atoms with Crippen LogP contribution in [-0.4, -0.2) is 52.3 Å². The normalized spacial score (nSPS) is 10.6. The molecule has 0 unspecified atom stereocenters. The number of ether oxygens (including phenoxy) is 4. The molecule has 164 valence electrons. The Labute approximate surface area is 179 Å². The van der Waals surface area contributed by atoms with Crippen LogP contribution in [0.5, 0.6) is 11.5 Å². The molecule has 31 heavy (non-hydrogen) atoms. The molecule has 0 atom stereocenters. The van der Waals surface area contributed by atoms with Gasteiger partial charge < -0.3 is 29.6 Å². The number of amides is 1. The van der Waals surface area contributed by atoms with E-state index < -0.39 is 11.9 Å². The summed E-state index contributed by atoms with van der Waals surface area (Å²) >= 11 is 0. The number of carbonyl (C=O) groups is 3. The Bertz CT molecular complexity index is 939. The SMILES string of the molecule is COC(=O)/C=C(/Nc1ccccc1C(=O)NCCOc1ccc(OC)cc1)C(=O)OC. The molecule has 0 saturated heterocycles. The van der Waals surface area contributed by atoms with Gasteiger partial charge in [0.15, 0.2) is 0 Å². The van der Waals surface area contributed by atoms with Crippen LogP contribution in [0.3, 0.4) is 0 Å². The van der Waals surface area contributed by atoms with E-state index in [0.29, 0.717) is 11.4 Å². The fourth-order valence-electron chi connectivity index (χ4n) is 2.47. The predicted octanol–water partition coefficient (Wildman–Crippen LogP) is 2.15. The lowest BCUT2D eigenvalue weighted by Crippen LogP contribution is -2.29. The fraction of sp³-hybridized carbons (Fsp3) is 0.227. The maximum absolute atomic E-state index is 12.6. The molecule has 0 aliphatic heterocycles. The maximum Gasteiger partial charge on any atom is 0.354 e. The van der Waals surface area contributed by atoms with E-state index in [2.05, 4.69) is 20.1 Å². The first-order valence-corrected chi connectivity index (χ1v) is 9.27. The molecule has 9 nitrogen and oxygen atoms in total. The van der Waals surface area contributed by atoms with Gasteiger partial charge in [0, 0.05) is 0 Å². The third kappa shape index (κ3) is 7.07. The van der Waals surface area contributed by atoms with E-state index in [9.17, 15) is 14.4 Å². The first-order chi connectivity index (χ1) is 15.0. The molecule has 0 aliphatic carbocycles. The Morgan fingerprint density at radius 3 is 2.23 bits per heavy atom. The van der Waals surface area contributed by atoms with Crippen molar-refractivity contribution in [3.05, 3.63) is 65.9 Å². The predicted molar refractivity (Wildman–Crippen MR) is 113 cm³/mol. The third-order valence-corrected chi connectivity index (χ3v) is 4.03. The third-order valence-electron chi connectivity index (χ3n) is 4.03. The van der Waals surface area contributed by atoms with Crippen molar-refractivity contribution in [3.63, 3.8) is 0 Å². The summed E-state index contributed by atoms with van der Waals surface area (Å²) in [6.07, 6.45) is 0.948. The van der Waals surface area contributed by atoms with Gasteiger partial charge in [0.25, 0.3) is 5.91 Å². The number of carbonyl (C=O) groups excluding carboxylic acids is 3. The molecule has 2 aromatic rings. The smallest absolute Gasteiger partial charge is 0.354 e. The van der Waals surface area contributed by atoms with Crippen LogP contribution in [-0.2, 0) is 19.1 Å². The first kappa shape index (κ1) is 23.3. The highest BCUT2D eigenvalue weighted by molar-refractivity contribution is 6.03. The van der Waals surface area contributed by atoms with Gasteiger partial charge in [0.1, 0.15) is 23.8 Å². The van der Waals surface area contributed by atoms with E-state index in [1.54, 1.807) is 55.6 Å². The van der Waals surface area contributed by atoms with Crippen LogP contribution >= 0.6 is 0 Å². The molecule has 0 aromatic heterocycles. The Morgan fingerprint density at radius 2 is 1.58 bits per heavy atom. The van der Waals surface area contributed by atoms with Crippen LogP contribution in [0.2, 0.25) is 0 Å². The zero-order valence-electron chi connectivity index (χ0n) is 17.5. The summed E-state index contributed by atoms with van der Waals surface area (Å²) in [5.41, 5.74) is 0.417. The molecule has 2 rings (SSSR count). The summed E-state index contributed by atoms with van der Waals surface area (Å²) in [4.78, 5) is 36.1. The quantitative estimate of drug-likeness (QED) is 0.336. The Morgan fingerprint density at radius 1 is 0.903 bits per heavy atom. The van der Waals surface area contributed by atoms with Gasteiger partial charge in [-0.15, -0.1) is 0 Å². The van der Waals surface area contributed by atoms with Crippen molar-refractivity contribution in [2.24, 2.45) is 0 Å². The van der Waals surface area contributed by atoms with Crippen molar-refractivity contribution in [3.8, 4) is 11.5 Å². The molecule has 0 aliphatic rings. The van der Waals surface area contributed by atoms with Crippen LogP contribution in [0.25, 0.3) is 0 Å². The van der Waals surface area contributed by atoms with Crippen molar-refractivity contribution in [2.75, 3.05) is 39.8 Å². The monoisotopic (exact) mass is 428 g/mol. The summed E-state index contributed by atoms with van der Waals surface area (Å²) in [6, 6.07) is 13.6. The van der Waals surface area contributed by atoms with Gasteiger partial charge in [-0.05, 0) is 36.4 Å². The number of rotatable bonds is 10. The second-order valence-electron chi connectivity index (χ2n) is 6.02. The Balaban J connectivity index is 2.00. The first-order valence-electron chi connectivity index (χ1n) is 9.27. The largest absolute Gasteiger partial charge is 0.497 e. The lowest BCUT2D eigenvalue weighted by Gasteiger charge is -2.14. The highest BCUT2D eigenvalue weighted by Gasteiger charge is 2.17. The van der Waals surface area contributed by atoms with Crippen molar-refractivity contribution >= 4 is 23.5 Å². The summed E-state index contributed by atoms with van der Waals surface area (Å²) in [5.74, 6) is -0.548. The van der Waals surface area contributed by atoms with Crippen molar-refractivity contribution < 1.29 is 33.3 Å². The van der Waals surface area contributed by atoms with Gasteiger partial charge in [0.05, 0.1) is 45.2 Å². The van der Waals surface area contributed by atoms with Crippen LogP contribution in [0.15, 0.2) is 60.3 Å². The molecule has 1 amide bonds. The Kier molecular flexibility index (Phi) is 8.90. The summed E-state index contributed by atoms with van der Waals surface area (Å²) < 4.78 is 19.9. The van der Waals surface area contributed by atoms with Crippen LogP contribution in [0.1, 0.15) is 10.4 Å². The second-order valence-corrected chi connectivity index (χ2v) is 6.02. The van der Waals surface area contributed by atoms with Gasteiger partial charge in [0.2, 0.25) is 0 Å². The number of benzene rings is 2. The number of anilines is 1. The molecule has 0 heterocycles. The number of hydrogen-bond donors (Lipinski definition) is 2. The van der Waals surface area contributed by atoms with Gasteiger partial charge >= 0.3 is 11.9 Å². The molecule has 0 radical (unpaired) electrons. The van der Waals surface area contributed by atoms with Crippen molar-refractivity contribution in [1.29, 1.82) is 0 Å². The van der Waals surface area contributed by atoms with Gasteiger partial charge in [-0.25, -0.2) is 9.59 Å². The minimum Gasteiger partial charge on any atom is -0.497 e. The molecule has 0 fully saturated rings. The molecular weight excluding hydrogens is 404 g/mol. The zero-order chi connectivity index (χ0) is 22.6. The highest BCUT2D eigenvalue weighted by Crippen LogP contribution is 2.18. The van der Waals surface area contributed by atoms with Crippen LogP contribution in [0.4, 0.5) is 5.69 Å². The van der Waals surface area contributed by atoms with Gasteiger partial charge in [-0.2, -0.15) is 0 Å². The number of hydrogen-bond acceptors (Lipinski definition) is 8. The number of methoxy groups -OCH3 is 3. The minimum atomic E-state index is -0.784. The fourth-order valence-corrected chi connectivity index (χ4v) is 2.47. The molecule has 0 bridgehead atoms. The summed E-state index contributed by atoms with van der Waals surface area (Å²) in [6.45, 7) is 0.504. The van der Waals surface area contributed by atoms with Gasteiger partial charge in [-0.1, -0.05) is 12.1 Å². The van der Waals surface area contributed by atoms with E-state index in [4.69, 9.17) is 9.47 Å². The molecule has 0 saturated carbocycles.